The lowest BCUT2D eigenvalue weighted by molar-refractivity contribution is 0.172. The highest BCUT2D eigenvalue weighted by Crippen LogP contribution is 2.49. The van der Waals surface area contributed by atoms with Crippen LogP contribution in [0.3, 0.4) is 0 Å². The molecule has 3 atom stereocenters. The summed E-state index contributed by atoms with van der Waals surface area (Å²) in [4.78, 5) is 2.42. The largest absolute Gasteiger partial charge is 0.373 e. The van der Waals surface area contributed by atoms with Crippen molar-refractivity contribution >= 4 is 0 Å². The molecule has 0 bridgehead atoms. The highest BCUT2D eigenvalue weighted by atomic mass is 15.2. The van der Waals surface area contributed by atoms with Crippen molar-refractivity contribution in [1.29, 1.82) is 0 Å². The van der Waals surface area contributed by atoms with Gasteiger partial charge in [0.1, 0.15) is 0 Å². The summed E-state index contributed by atoms with van der Waals surface area (Å²) in [6, 6.07) is 11.7. The fourth-order valence-corrected chi connectivity index (χ4v) is 3.44. The van der Waals surface area contributed by atoms with E-state index in [1.165, 1.54) is 18.4 Å². The number of nitrogens with zero attached hydrogens (tertiary/aromatic N) is 1. The Morgan fingerprint density at radius 3 is 2.58 bits per heavy atom. The van der Waals surface area contributed by atoms with Gasteiger partial charge < -0.3 is 10.2 Å². The number of likely N-dealkylation sites (N-methyl/N-ethyl adjacent to an activating group) is 1. The second-order valence-electron chi connectivity index (χ2n) is 6.19. The van der Waals surface area contributed by atoms with E-state index < -0.39 is 0 Å². The van der Waals surface area contributed by atoms with Gasteiger partial charge in [0, 0.05) is 19.1 Å². The molecule has 1 aliphatic carbocycles. The average Bonchev–Trinajstić information content (AvgIpc) is 3.22. The Balaban J connectivity index is 1.77. The van der Waals surface area contributed by atoms with Crippen molar-refractivity contribution in [3.8, 4) is 0 Å². The highest BCUT2D eigenvalue weighted by molar-refractivity contribution is 5.23. The second-order valence-corrected chi connectivity index (χ2v) is 6.19. The normalized spacial score (nSPS) is 29.5. The van der Waals surface area contributed by atoms with Gasteiger partial charge in [0.05, 0.1) is 5.54 Å². The monoisotopic (exact) mass is 256 g/mol. The molecule has 0 saturated heterocycles. The Kier molecular flexibility index (Phi) is 3.14. The van der Waals surface area contributed by atoms with E-state index >= 15 is 0 Å². The lowest BCUT2D eigenvalue weighted by atomic mass is 9.87. The minimum Gasteiger partial charge on any atom is -0.373 e. The predicted molar refractivity (Wildman–Crippen MR) is 79.8 cm³/mol. The maximum absolute atomic E-state index is 3.88. The summed E-state index contributed by atoms with van der Waals surface area (Å²) >= 11 is 0. The third kappa shape index (κ3) is 2.18. The number of rotatable bonds is 3. The average molecular weight is 256 g/mol. The number of benzene rings is 1. The third-order valence-electron chi connectivity index (χ3n) is 4.91. The van der Waals surface area contributed by atoms with Crippen LogP contribution in [0.1, 0.15) is 38.3 Å². The van der Waals surface area contributed by atoms with Gasteiger partial charge in [-0.2, -0.15) is 0 Å². The van der Waals surface area contributed by atoms with Crippen molar-refractivity contribution in [3.05, 3.63) is 48.2 Å². The Hall–Kier alpha value is -1.28. The first-order chi connectivity index (χ1) is 9.13. The Morgan fingerprint density at radius 2 is 1.95 bits per heavy atom. The molecule has 1 spiro atoms. The molecule has 1 heterocycles. The van der Waals surface area contributed by atoms with E-state index in [-0.39, 0.29) is 0 Å². The predicted octanol–water partition coefficient (Wildman–Crippen LogP) is 3.33. The molecule has 1 fully saturated rings. The molecule has 1 aromatic carbocycles. The Labute approximate surface area is 116 Å². The van der Waals surface area contributed by atoms with Gasteiger partial charge >= 0.3 is 0 Å². The number of hydrogen-bond donors (Lipinski definition) is 1. The standard InChI is InChI=1S/C17H24N2/c1-13-9-12-19(3)17(10-11-17)16(13)18-14(2)15-7-5-4-6-8-15/h4-9,12-14,16,18H,10-11H2,1-3H3/t13?,14-,16-/m1/s1. The molecular weight excluding hydrogens is 232 g/mol. The maximum Gasteiger partial charge on any atom is 0.0553 e. The van der Waals surface area contributed by atoms with Crippen LogP contribution >= 0.6 is 0 Å². The van der Waals surface area contributed by atoms with Gasteiger partial charge in [0.15, 0.2) is 0 Å². The van der Waals surface area contributed by atoms with Crippen LogP contribution in [0, 0.1) is 5.92 Å². The van der Waals surface area contributed by atoms with Crippen LogP contribution in [0.2, 0.25) is 0 Å². The Bertz CT molecular complexity index is 461. The van der Waals surface area contributed by atoms with Crippen molar-refractivity contribution in [2.75, 3.05) is 7.05 Å². The number of nitrogens with one attached hydrogen (secondary N) is 1. The van der Waals surface area contributed by atoms with Gasteiger partial charge in [-0.15, -0.1) is 0 Å². The summed E-state index contributed by atoms with van der Waals surface area (Å²) in [6.07, 6.45) is 7.23. The van der Waals surface area contributed by atoms with E-state index in [1.54, 1.807) is 0 Å². The van der Waals surface area contributed by atoms with Gasteiger partial charge in [-0.3, -0.25) is 0 Å². The molecule has 0 radical (unpaired) electrons. The first-order valence-corrected chi connectivity index (χ1v) is 7.36. The Morgan fingerprint density at radius 1 is 1.26 bits per heavy atom. The molecule has 102 valence electrons. The van der Waals surface area contributed by atoms with E-state index in [0.717, 1.165) is 0 Å². The molecule has 1 aliphatic heterocycles. The van der Waals surface area contributed by atoms with Crippen LogP contribution in [-0.2, 0) is 0 Å². The van der Waals surface area contributed by atoms with Gasteiger partial charge in [-0.1, -0.05) is 43.3 Å². The smallest absolute Gasteiger partial charge is 0.0553 e. The van der Waals surface area contributed by atoms with E-state index in [1.807, 2.05) is 0 Å². The fraction of sp³-hybridized carbons (Fsp3) is 0.529. The zero-order valence-corrected chi connectivity index (χ0v) is 12.1. The van der Waals surface area contributed by atoms with Crippen LogP contribution in [0.25, 0.3) is 0 Å². The molecule has 1 N–H and O–H groups in total. The molecule has 2 aliphatic rings. The molecule has 1 unspecified atom stereocenters. The maximum atomic E-state index is 3.88. The first-order valence-electron chi connectivity index (χ1n) is 7.36. The van der Waals surface area contributed by atoms with Crippen molar-refractivity contribution in [2.45, 2.75) is 44.3 Å². The van der Waals surface area contributed by atoms with E-state index in [0.29, 0.717) is 23.5 Å². The van der Waals surface area contributed by atoms with E-state index in [9.17, 15) is 0 Å². The SMILES string of the molecule is CC1C=CN(C)C2(CC2)[C@@H]1N[C@H](C)c1ccccc1. The third-order valence-corrected chi connectivity index (χ3v) is 4.91. The zero-order valence-electron chi connectivity index (χ0n) is 12.1. The topological polar surface area (TPSA) is 15.3 Å². The first kappa shape index (κ1) is 12.7. The molecule has 1 saturated carbocycles. The summed E-state index contributed by atoms with van der Waals surface area (Å²) < 4.78 is 0. The van der Waals surface area contributed by atoms with Crippen LogP contribution in [0.4, 0.5) is 0 Å². The van der Waals surface area contributed by atoms with Crippen LogP contribution < -0.4 is 5.32 Å². The van der Waals surface area contributed by atoms with Crippen molar-refractivity contribution in [1.82, 2.24) is 10.2 Å². The van der Waals surface area contributed by atoms with Crippen LogP contribution in [0.5, 0.6) is 0 Å². The summed E-state index contributed by atoms with van der Waals surface area (Å²) in [5.74, 6) is 0.602. The summed E-state index contributed by atoms with van der Waals surface area (Å²) in [5, 5.41) is 3.88. The zero-order chi connectivity index (χ0) is 13.5. The highest BCUT2D eigenvalue weighted by Gasteiger charge is 2.54. The van der Waals surface area contributed by atoms with Gasteiger partial charge in [-0.25, -0.2) is 0 Å². The van der Waals surface area contributed by atoms with Gasteiger partial charge in [0.25, 0.3) is 0 Å². The molecule has 0 aromatic heterocycles. The molecule has 0 amide bonds. The minimum atomic E-state index is 0.372. The minimum absolute atomic E-state index is 0.372. The molecular formula is C17H24N2. The van der Waals surface area contributed by atoms with Gasteiger partial charge in [0.2, 0.25) is 0 Å². The second kappa shape index (κ2) is 4.68. The molecule has 1 aromatic rings. The quantitative estimate of drug-likeness (QED) is 0.892. The lowest BCUT2D eigenvalue weighted by Gasteiger charge is -2.42. The molecule has 3 rings (SSSR count). The van der Waals surface area contributed by atoms with Crippen molar-refractivity contribution in [2.24, 2.45) is 5.92 Å². The fourth-order valence-electron chi connectivity index (χ4n) is 3.44. The van der Waals surface area contributed by atoms with Crippen molar-refractivity contribution < 1.29 is 0 Å². The van der Waals surface area contributed by atoms with E-state index in [2.05, 4.69) is 73.7 Å². The lowest BCUT2D eigenvalue weighted by Crippen LogP contribution is -2.55. The summed E-state index contributed by atoms with van der Waals surface area (Å²) in [7, 11) is 2.22. The summed E-state index contributed by atoms with van der Waals surface area (Å²) in [5.41, 5.74) is 1.75. The van der Waals surface area contributed by atoms with Gasteiger partial charge in [-0.05, 0) is 37.4 Å². The van der Waals surface area contributed by atoms with Crippen molar-refractivity contribution in [3.63, 3.8) is 0 Å². The summed E-state index contributed by atoms with van der Waals surface area (Å²) in [6.45, 7) is 4.61. The van der Waals surface area contributed by atoms with Crippen LogP contribution in [-0.4, -0.2) is 23.5 Å². The molecule has 2 nitrogen and oxygen atoms in total. The van der Waals surface area contributed by atoms with Crippen LogP contribution in [0.15, 0.2) is 42.6 Å². The number of hydrogen-bond acceptors (Lipinski definition) is 2. The van der Waals surface area contributed by atoms with E-state index in [4.69, 9.17) is 0 Å². The molecule has 19 heavy (non-hydrogen) atoms. The molecule has 2 heteroatoms.